The van der Waals surface area contributed by atoms with E-state index < -0.39 is 17.7 Å². The van der Waals surface area contributed by atoms with Gasteiger partial charge in [0.1, 0.15) is 10.8 Å². The largest absolute Gasteiger partial charge is 0.489 e. The third kappa shape index (κ3) is 2.22. The van der Waals surface area contributed by atoms with Crippen molar-refractivity contribution in [3.05, 3.63) is 22.5 Å². The Morgan fingerprint density at radius 1 is 1.50 bits per heavy atom. The van der Waals surface area contributed by atoms with Crippen LogP contribution in [0.25, 0.3) is 0 Å². The van der Waals surface area contributed by atoms with Crippen LogP contribution in [0.4, 0.5) is 4.39 Å². The molecule has 1 atom stereocenters. The standard InChI is InChI=1S/C12H12ClFO4/c1-6(12(15)16)7-5-8-11(9(13)10(7)14)18-4-2-3-17-8/h5-6H,2-4H2,1H3,(H,15,16). The first-order valence-electron chi connectivity index (χ1n) is 5.52. The van der Waals surface area contributed by atoms with Crippen molar-refractivity contribution >= 4 is 17.6 Å². The number of carbonyl (C=O) groups is 1. The highest BCUT2D eigenvalue weighted by atomic mass is 35.5. The molecule has 6 heteroatoms. The molecule has 0 spiro atoms. The summed E-state index contributed by atoms with van der Waals surface area (Å²) in [4.78, 5) is 10.9. The van der Waals surface area contributed by atoms with Crippen molar-refractivity contribution in [1.29, 1.82) is 0 Å². The van der Waals surface area contributed by atoms with Crippen molar-refractivity contribution in [1.82, 2.24) is 0 Å². The van der Waals surface area contributed by atoms with E-state index in [9.17, 15) is 9.18 Å². The zero-order valence-corrected chi connectivity index (χ0v) is 10.5. The van der Waals surface area contributed by atoms with Crippen LogP contribution in [0.15, 0.2) is 6.07 Å². The molecular formula is C12H12ClFO4. The number of hydrogen-bond acceptors (Lipinski definition) is 3. The van der Waals surface area contributed by atoms with E-state index in [4.69, 9.17) is 26.2 Å². The Hall–Kier alpha value is -1.49. The van der Waals surface area contributed by atoms with Gasteiger partial charge in [-0.25, -0.2) is 4.39 Å². The lowest BCUT2D eigenvalue weighted by molar-refractivity contribution is -0.138. The first kappa shape index (κ1) is 13.0. The molecule has 0 saturated heterocycles. The van der Waals surface area contributed by atoms with Gasteiger partial charge in [-0.1, -0.05) is 11.6 Å². The first-order valence-corrected chi connectivity index (χ1v) is 5.90. The Kier molecular flexibility index (Phi) is 3.61. The number of carboxylic acids is 1. The van der Waals surface area contributed by atoms with Gasteiger partial charge in [0.2, 0.25) is 0 Å². The van der Waals surface area contributed by atoms with Gasteiger partial charge in [-0.3, -0.25) is 4.79 Å². The van der Waals surface area contributed by atoms with E-state index >= 15 is 0 Å². The highest BCUT2D eigenvalue weighted by molar-refractivity contribution is 6.32. The summed E-state index contributed by atoms with van der Waals surface area (Å²) in [7, 11) is 0. The van der Waals surface area contributed by atoms with Crippen LogP contribution < -0.4 is 9.47 Å². The monoisotopic (exact) mass is 274 g/mol. The van der Waals surface area contributed by atoms with E-state index in [0.717, 1.165) is 0 Å². The molecule has 1 aromatic rings. The van der Waals surface area contributed by atoms with Crippen LogP contribution in [-0.2, 0) is 4.79 Å². The number of aliphatic carboxylic acids is 1. The van der Waals surface area contributed by atoms with E-state index in [-0.39, 0.29) is 16.3 Å². The summed E-state index contributed by atoms with van der Waals surface area (Å²) in [6, 6.07) is 1.35. The molecule has 4 nitrogen and oxygen atoms in total. The number of halogens is 2. The zero-order valence-electron chi connectivity index (χ0n) is 9.70. The van der Waals surface area contributed by atoms with E-state index in [1.54, 1.807) is 0 Å². The molecule has 0 radical (unpaired) electrons. The van der Waals surface area contributed by atoms with Crippen LogP contribution in [0.2, 0.25) is 5.02 Å². The fourth-order valence-corrected chi connectivity index (χ4v) is 1.97. The Morgan fingerprint density at radius 3 is 2.83 bits per heavy atom. The summed E-state index contributed by atoms with van der Waals surface area (Å²) < 4.78 is 24.7. The number of benzene rings is 1. The maximum Gasteiger partial charge on any atom is 0.310 e. The number of fused-ring (bicyclic) bond motifs is 1. The van der Waals surface area contributed by atoms with E-state index in [2.05, 4.69) is 0 Å². The number of rotatable bonds is 2. The second-order valence-electron chi connectivity index (χ2n) is 4.03. The van der Waals surface area contributed by atoms with Gasteiger partial charge in [-0.15, -0.1) is 0 Å². The van der Waals surface area contributed by atoms with Gasteiger partial charge in [0.25, 0.3) is 0 Å². The molecule has 18 heavy (non-hydrogen) atoms. The number of carboxylic acid groups (broad SMARTS) is 1. The molecule has 98 valence electrons. The van der Waals surface area contributed by atoms with Crippen molar-refractivity contribution in [3.8, 4) is 11.5 Å². The summed E-state index contributed by atoms with van der Waals surface area (Å²) >= 11 is 5.86. The minimum Gasteiger partial charge on any atom is -0.489 e. The molecule has 1 heterocycles. The summed E-state index contributed by atoms with van der Waals surface area (Å²) in [6.45, 7) is 2.21. The van der Waals surface area contributed by atoms with Gasteiger partial charge in [-0.05, 0) is 13.0 Å². The van der Waals surface area contributed by atoms with Crippen molar-refractivity contribution in [2.45, 2.75) is 19.3 Å². The fourth-order valence-electron chi connectivity index (χ4n) is 1.71. The second kappa shape index (κ2) is 5.02. The van der Waals surface area contributed by atoms with Crippen LogP contribution in [0, 0.1) is 5.82 Å². The van der Waals surface area contributed by atoms with Crippen LogP contribution in [0.3, 0.4) is 0 Å². The predicted octanol–water partition coefficient (Wildman–Crippen LogP) is 2.83. The Bertz CT molecular complexity index is 489. The Balaban J connectivity index is 2.53. The average molecular weight is 275 g/mol. The third-order valence-corrected chi connectivity index (χ3v) is 3.12. The highest BCUT2D eigenvalue weighted by Crippen LogP contribution is 2.42. The van der Waals surface area contributed by atoms with E-state index in [0.29, 0.717) is 25.4 Å². The third-order valence-electron chi connectivity index (χ3n) is 2.79. The molecule has 1 unspecified atom stereocenters. The van der Waals surface area contributed by atoms with Crippen LogP contribution in [0.5, 0.6) is 11.5 Å². The quantitative estimate of drug-likeness (QED) is 0.901. The minimum atomic E-state index is -1.13. The maximum absolute atomic E-state index is 14.0. The van der Waals surface area contributed by atoms with Crippen molar-refractivity contribution in [2.75, 3.05) is 13.2 Å². The SMILES string of the molecule is CC(C(=O)O)c1cc2c(c(Cl)c1F)OCCCO2. The minimum absolute atomic E-state index is 0.00301. The van der Waals surface area contributed by atoms with Gasteiger partial charge in [-0.2, -0.15) is 0 Å². The molecule has 0 saturated carbocycles. The normalized spacial score (nSPS) is 15.9. The van der Waals surface area contributed by atoms with Crippen molar-refractivity contribution in [2.24, 2.45) is 0 Å². The molecule has 1 aromatic carbocycles. The van der Waals surface area contributed by atoms with Gasteiger partial charge in [0.15, 0.2) is 11.5 Å². The van der Waals surface area contributed by atoms with Crippen molar-refractivity contribution in [3.63, 3.8) is 0 Å². The summed E-state index contributed by atoms with van der Waals surface area (Å²) in [5.74, 6) is -2.45. The summed E-state index contributed by atoms with van der Waals surface area (Å²) in [5, 5.41) is 8.70. The Labute approximate surface area is 108 Å². The van der Waals surface area contributed by atoms with Gasteiger partial charge >= 0.3 is 5.97 Å². The van der Waals surface area contributed by atoms with Crippen LogP contribution in [-0.4, -0.2) is 24.3 Å². The maximum atomic E-state index is 14.0. The number of hydrogen-bond donors (Lipinski definition) is 1. The average Bonchev–Trinajstić information content (AvgIpc) is 2.58. The van der Waals surface area contributed by atoms with Crippen molar-refractivity contribution < 1.29 is 23.8 Å². The number of ether oxygens (including phenoxy) is 2. The van der Waals surface area contributed by atoms with Gasteiger partial charge < -0.3 is 14.6 Å². The Morgan fingerprint density at radius 2 is 2.17 bits per heavy atom. The first-order chi connectivity index (χ1) is 8.52. The van der Waals surface area contributed by atoms with Gasteiger partial charge in [0.05, 0.1) is 19.1 Å². The molecule has 2 rings (SSSR count). The lowest BCUT2D eigenvalue weighted by atomic mass is 10.00. The predicted molar refractivity (Wildman–Crippen MR) is 63.1 cm³/mol. The summed E-state index contributed by atoms with van der Waals surface area (Å²) in [5.41, 5.74) is -0.00301. The second-order valence-corrected chi connectivity index (χ2v) is 4.41. The van der Waals surface area contributed by atoms with Crippen LogP contribution >= 0.6 is 11.6 Å². The molecular weight excluding hydrogens is 263 g/mol. The lowest BCUT2D eigenvalue weighted by Crippen LogP contribution is -2.10. The van der Waals surface area contributed by atoms with E-state index in [1.165, 1.54) is 13.0 Å². The molecule has 1 N–H and O–H groups in total. The molecule has 0 amide bonds. The smallest absolute Gasteiger partial charge is 0.310 e. The lowest BCUT2D eigenvalue weighted by Gasteiger charge is -2.15. The molecule has 0 bridgehead atoms. The van der Waals surface area contributed by atoms with Crippen LogP contribution in [0.1, 0.15) is 24.8 Å². The molecule has 1 aliphatic heterocycles. The van der Waals surface area contributed by atoms with E-state index in [1.807, 2.05) is 0 Å². The molecule has 0 aromatic heterocycles. The zero-order chi connectivity index (χ0) is 13.3. The summed E-state index contributed by atoms with van der Waals surface area (Å²) in [6.07, 6.45) is 0.663. The molecule has 0 aliphatic carbocycles. The molecule has 1 aliphatic rings. The van der Waals surface area contributed by atoms with Gasteiger partial charge in [0, 0.05) is 12.0 Å². The topological polar surface area (TPSA) is 55.8 Å². The highest BCUT2D eigenvalue weighted by Gasteiger charge is 2.26. The molecule has 0 fully saturated rings. The fraction of sp³-hybridized carbons (Fsp3) is 0.417.